The lowest BCUT2D eigenvalue weighted by Gasteiger charge is -2.23. The van der Waals surface area contributed by atoms with Gasteiger partial charge >= 0.3 is 12.0 Å². The molecule has 182 valence electrons. The van der Waals surface area contributed by atoms with Crippen LogP contribution in [0.5, 0.6) is 6.01 Å². The summed E-state index contributed by atoms with van der Waals surface area (Å²) in [7, 11) is 0. The molecule has 4 rings (SSSR count). The van der Waals surface area contributed by atoms with Crippen LogP contribution in [0.3, 0.4) is 0 Å². The fourth-order valence-corrected chi connectivity index (χ4v) is 4.08. The SMILES string of the molecule is CCNC(=O)Nc1ccccc1C(C)Nc1nc(OC2CCCNC2)nc2c(C(C)C)cnn12. The van der Waals surface area contributed by atoms with Crippen LogP contribution in [0.25, 0.3) is 5.65 Å². The Kier molecular flexibility index (Phi) is 7.46. The maximum absolute atomic E-state index is 12.1. The summed E-state index contributed by atoms with van der Waals surface area (Å²) in [6, 6.07) is 7.63. The highest BCUT2D eigenvalue weighted by Crippen LogP contribution is 2.28. The van der Waals surface area contributed by atoms with Crippen LogP contribution in [0.15, 0.2) is 30.5 Å². The second-order valence-electron chi connectivity index (χ2n) is 8.84. The van der Waals surface area contributed by atoms with Crippen molar-refractivity contribution in [2.24, 2.45) is 0 Å². The zero-order valence-electron chi connectivity index (χ0n) is 20.3. The average molecular weight is 467 g/mol. The predicted octanol–water partition coefficient (Wildman–Crippen LogP) is 3.69. The molecular weight excluding hydrogens is 432 g/mol. The molecule has 3 aromatic rings. The molecule has 10 nitrogen and oxygen atoms in total. The summed E-state index contributed by atoms with van der Waals surface area (Å²) in [5, 5.41) is 17.1. The first-order valence-electron chi connectivity index (χ1n) is 12.0. The number of hydrogen-bond donors (Lipinski definition) is 4. The smallest absolute Gasteiger partial charge is 0.322 e. The molecule has 10 heteroatoms. The number of carbonyl (C=O) groups is 1. The van der Waals surface area contributed by atoms with Gasteiger partial charge in [-0.3, -0.25) is 0 Å². The van der Waals surface area contributed by atoms with Gasteiger partial charge in [-0.15, -0.1) is 0 Å². The van der Waals surface area contributed by atoms with Crippen molar-refractivity contribution < 1.29 is 9.53 Å². The zero-order valence-corrected chi connectivity index (χ0v) is 20.3. The van der Waals surface area contributed by atoms with E-state index in [0.717, 1.165) is 48.4 Å². The minimum atomic E-state index is -0.239. The Labute approximate surface area is 199 Å². The number of benzene rings is 1. The van der Waals surface area contributed by atoms with E-state index in [-0.39, 0.29) is 24.1 Å². The summed E-state index contributed by atoms with van der Waals surface area (Å²) < 4.78 is 7.89. The number of rotatable bonds is 8. The molecule has 1 aromatic carbocycles. The largest absolute Gasteiger partial charge is 0.459 e. The number of aromatic nitrogens is 4. The molecule has 3 heterocycles. The lowest BCUT2D eigenvalue weighted by molar-refractivity contribution is 0.153. The molecular formula is C24H34N8O2. The molecule has 2 unspecified atom stereocenters. The van der Waals surface area contributed by atoms with Crippen LogP contribution in [-0.4, -0.2) is 51.4 Å². The van der Waals surface area contributed by atoms with Crippen LogP contribution in [0, 0.1) is 0 Å². The Morgan fingerprint density at radius 1 is 1.24 bits per heavy atom. The average Bonchev–Trinajstić information content (AvgIpc) is 3.25. The molecule has 0 saturated carbocycles. The lowest BCUT2D eigenvalue weighted by Crippen LogP contribution is -2.37. The van der Waals surface area contributed by atoms with Gasteiger partial charge in [-0.1, -0.05) is 32.0 Å². The van der Waals surface area contributed by atoms with E-state index < -0.39 is 0 Å². The van der Waals surface area contributed by atoms with Crippen molar-refractivity contribution in [1.82, 2.24) is 30.2 Å². The van der Waals surface area contributed by atoms with Crippen LogP contribution >= 0.6 is 0 Å². The molecule has 2 atom stereocenters. The van der Waals surface area contributed by atoms with Crippen molar-refractivity contribution in [3.05, 3.63) is 41.6 Å². The highest BCUT2D eigenvalue weighted by atomic mass is 16.5. The number of carbonyl (C=O) groups excluding carboxylic acids is 1. The number of urea groups is 1. The number of piperidine rings is 1. The van der Waals surface area contributed by atoms with E-state index in [1.807, 2.05) is 44.3 Å². The van der Waals surface area contributed by atoms with Gasteiger partial charge in [-0.2, -0.15) is 19.6 Å². The molecule has 4 N–H and O–H groups in total. The predicted molar refractivity (Wildman–Crippen MR) is 133 cm³/mol. The number of para-hydroxylation sites is 1. The Morgan fingerprint density at radius 3 is 2.79 bits per heavy atom. The van der Waals surface area contributed by atoms with Gasteiger partial charge in [0.25, 0.3) is 0 Å². The molecule has 1 fully saturated rings. The van der Waals surface area contributed by atoms with Crippen LogP contribution in [0.1, 0.15) is 63.6 Å². The fourth-order valence-electron chi connectivity index (χ4n) is 4.08. The normalized spacial score (nSPS) is 16.9. The van der Waals surface area contributed by atoms with Gasteiger partial charge in [0.1, 0.15) is 6.10 Å². The van der Waals surface area contributed by atoms with Gasteiger partial charge in [0.05, 0.1) is 12.2 Å². The molecule has 1 aliphatic rings. The third-order valence-corrected chi connectivity index (χ3v) is 5.88. The second-order valence-corrected chi connectivity index (χ2v) is 8.84. The van der Waals surface area contributed by atoms with E-state index in [4.69, 9.17) is 9.72 Å². The quantitative estimate of drug-likeness (QED) is 0.400. The fraction of sp³-hybridized carbons (Fsp3) is 0.500. The summed E-state index contributed by atoms with van der Waals surface area (Å²) in [5.74, 6) is 0.792. The molecule has 0 bridgehead atoms. The van der Waals surface area contributed by atoms with Gasteiger partial charge in [0.15, 0.2) is 5.65 Å². The van der Waals surface area contributed by atoms with Crippen molar-refractivity contribution in [3.63, 3.8) is 0 Å². The lowest BCUT2D eigenvalue weighted by atomic mass is 10.1. The summed E-state index contributed by atoms with van der Waals surface area (Å²) in [6.07, 6.45) is 3.90. The summed E-state index contributed by atoms with van der Waals surface area (Å²) in [4.78, 5) is 21.5. The Bertz CT molecular complexity index is 1120. The maximum Gasteiger partial charge on any atom is 0.322 e. The first-order valence-corrected chi connectivity index (χ1v) is 12.0. The van der Waals surface area contributed by atoms with Gasteiger partial charge in [0.2, 0.25) is 5.95 Å². The summed E-state index contributed by atoms with van der Waals surface area (Å²) >= 11 is 0. The van der Waals surface area contributed by atoms with Gasteiger partial charge in [-0.05, 0) is 50.8 Å². The minimum absolute atomic E-state index is 0.0360. The highest BCUT2D eigenvalue weighted by molar-refractivity contribution is 5.90. The number of ether oxygens (including phenoxy) is 1. The third kappa shape index (κ3) is 5.39. The number of anilines is 2. The van der Waals surface area contributed by atoms with Crippen molar-refractivity contribution in [2.75, 3.05) is 30.3 Å². The van der Waals surface area contributed by atoms with Gasteiger partial charge in [-0.25, -0.2) is 4.79 Å². The van der Waals surface area contributed by atoms with Crippen molar-refractivity contribution in [1.29, 1.82) is 0 Å². The molecule has 0 spiro atoms. The summed E-state index contributed by atoms with van der Waals surface area (Å²) in [6.45, 7) is 10.5. The molecule has 0 aliphatic carbocycles. The van der Waals surface area contributed by atoms with Gasteiger partial charge < -0.3 is 26.0 Å². The molecule has 1 aliphatic heterocycles. The summed E-state index contributed by atoms with van der Waals surface area (Å²) in [5.41, 5.74) is 3.41. The Morgan fingerprint density at radius 2 is 2.06 bits per heavy atom. The van der Waals surface area contributed by atoms with Crippen molar-refractivity contribution in [3.8, 4) is 6.01 Å². The number of nitrogens with one attached hydrogen (secondary N) is 4. The Hall–Kier alpha value is -3.40. The topological polar surface area (TPSA) is 118 Å². The van der Waals surface area contributed by atoms with Crippen molar-refractivity contribution >= 4 is 23.3 Å². The van der Waals surface area contributed by atoms with E-state index in [0.29, 0.717) is 18.5 Å². The monoisotopic (exact) mass is 466 g/mol. The highest BCUT2D eigenvalue weighted by Gasteiger charge is 2.21. The number of fused-ring (bicyclic) bond motifs is 1. The minimum Gasteiger partial charge on any atom is -0.459 e. The number of amides is 2. The van der Waals surface area contributed by atoms with Gasteiger partial charge in [0, 0.05) is 24.3 Å². The molecule has 2 aromatic heterocycles. The first-order chi connectivity index (χ1) is 16.5. The molecule has 0 radical (unpaired) electrons. The number of nitrogens with zero attached hydrogens (tertiary/aromatic N) is 4. The standard InChI is InChI=1S/C24H34N8O2/c1-5-26-23(33)29-20-11-7-6-10-18(20)16(4)28-22-31-24(34-17-9-8-12-25-13-17)30-21-19(15(2)3)14-27-32(21)22/h6-7,10-11,14-17,25H,5,8-9,12-13H2,1-4H3,(H2,26,29,33)(H,28,30,31). The van der Waals surface area contributed by atoms with Crippen LogP contribution < -0.4 is 26.0 Å². The first kappa shape index (κ1) is 23.7. The second kappa shape index (κ2) is 10.7. The third-order valence-electron chi connectivity index (χ3n) is 5.88. The van der Waals surface area contributed by atoms with Crippen LogP contribution in [0.2, 0.25) is 0 Å². The van der Waals surface area contributed by atoms with E-state index in [1.165, 1.54) is 0 Å². The van der Waals surface area contributed by atoms with E-state index in [9.17, 15) is 4.79 Å². The molecule has 2 amide bonds. The van der Waals surface area contributed by atoms with Crippen molar-refractivity contribution in [2.45, 2.75) is 58.6 Å². The van der Waals surface area contributed by atoms with E-state index in [2.05, 4.69) is 45.2 Å². The number of hydrogen-bond acceptors (Lipinski definition) is 7. The van der Waals surface area contributed by atoms with Crippen LogP contribution in [0.4, 0.5) is 16.4 Å². The maximum atomic E-state index is 12.1. The van der Waals surface area contributed by atoms with Crippen LogP contribution in [-0.2, 0) is 0 Å². The zero-order chi connectivity index (χ0) is 24.1. The Balaban J connectivity index is 1.65. The molecule has 1 saturated heterocycles. The van der Waals surface area contributed by atoms with E-state index >= 15 is 0 Å². The molecule has 34 heavy (non-hydrogen) atoms. The van der Waals surface area contributed by atoms with E-state index in [1.54, 1.807) is 4.52 Å².